The normalized spacial score (nSPS) is 60.0. The first kappa shape index (κ1) is 14.5. The second-order valence-corrected chi connectivity index (χ2v) is 9.20. The van der Waals surface area contributed by atoms with Crippen molar-refractivity contribution in [2.24, 2.45) is 34.5 Å². The van der Waals surface area contributed by atoms with Crippen LogP contribution >= 0.6 is 0 Å². The molecule has 4 aliphatic rings. The molecule has 4 rings (SSSR count). The van der Waals surface area contributed by atoms with Crippen LogP contribution in [0.2, 0.25) is 0 Å². The largest absolute Gasteiger partial charge is 0.390 e. The van der Waals surface area contributed by atoms with E-state index in [1.807, 2.05) is 0 Å². The van der Waals surface area contributed by atoms with Crippen molar-refractivity contribution in [1.29, 1.82) is 0 Å². The molecule has 4 saturated carbocycles. The summed E-state index contributed by atoms with van der Waals surface area (Å²) in [6, 6.07) is 0. The van der Waals surface area contributed by atoms with Gasteiger partial charge < -0.3 is 10.2 Å². The fourth-order valence-corrected chi connectivity index (χ4v) is 7.28. The molecule has 21 heavy (non-hydrogen) atoms. The number of hydrogen-bond acceptors (Lipinski definition) is 2. The van der Waals surface area contributed by atoms with Gasteiger partial charge in [0.1, 0.15) is 0 Å². The average molecular weight is 292 g/mol. The van der Waals surface area contributed by atoms with Gasteiger partial charge in [0.25, 0.3) is 0 Å². The van der Waals surface area contributed by atoms with Crippen LogP contribution in [0, 0.1) is 34.5 Å². The van der Waals surface area contributed by atoms with E-state index in [1.54, 1.807) is 0 Å². The smallest absolute Gasteiger partial charge is 0.0855 e. The van der Waals surface area contributed by atoms with Gasteiger partial charge in [-0.2, -0.15) is 0 Å². The summed E-state index contributed by atoms with van der Waals surface area (Å²) >= 11 is 0. The SMILES string of the molecule is C[C@]12CCCC[C@@H]1CC[C@H]1[C@H]2CC[C@]2(C)[C@@H](O)[C@H](O)C[C@@H]12. The molecule has 4 fully saturated rings. The summed E-state index contributed by atoms with van der Waals surface area (Å²) in [4.78, 5) is 0. The first-order valence-electron chi connectivity index (χ1n) is 9.33. The molecule has 0 unspecified atom stereocenters. The van der Waals surface area contributed by atoms with Crippen LogP contribution in [0.15, 0.2) is 0 Å². The lowest BCUT2D eigenvalue weighted by Crippen LogP contribution is -2.53. The van der Waals surface area contributed by atoms with E-state index >= 15 is 0 Å². The van der Waals surface area contributed by atoms with Gasteiger partial charge in [0.05, 0.1) is 12.2 Å². The highest BCUT2D eigenvalue weighted by Crippen LogP contribution is 2.66. The van der Waals surface area contributed by atoms with Gasteiger partial charge in [0, 0.05) is 0 Å². The van der Waals surface area contributed by atoms with E-state index in [0.717, 1.165) is 30.6 Å². The lowest BCUT2D eigenvalue weighted by Gasteiger charge is -2.60. The van der Waals surface area contributed by atoms with E-state index in [4.69, 9.17) is 0 Å². The van der Waals surface area contributed by atoms with Crippen molar-refractivity contribution in [2.75, 3.05) is 0 Å². The molecular formula is C19H32O2. The van der Waals surface area contributed by atoms with Gasteiger partial charge in [-0.05, 0) is 79.4 Å². The van der Waals surface area contributed by atoms with E-state index < -0.39 is 12.2 Å². The molecule has 0 amide bonds. The van der Waals surface area contributed by atoms with Crippen molar-refractivity contribution < 1.29 is 10.2 Å². The molecule has 0 aromatic heterocycles. The van der Waals surface area contributed by atoms with Gasteiger partial charge in [0.15, 0.2) is 0 Å². The van der Waals surface area contributed by atoms with Crippen LogP contribution in [0.1, 0.15) is 71.6 Å². The number of hydrogen-bond donors (Lipinski definition) is 2. The van der Waals surface area contributed by atoms with Gasteiger partial charge in [-0.25, -0.2) is 0 Å². The molecular weight excluding hydrogens is 260 g/mol. The van der Waals surface area contributed by atoms with E-state index in [1.165, 1.54) is 44.9 Å². The summed E-state index contributed by atoms with van der Waals surface area (Å²) < 4.78 is 0. The van der Waals surface area contributed by atoms with E-state index in [-0.39, 0.29) is 5.41 Å². The third kappa shape index (κ3) is 1.84. The molecule has 0 saturated heterocycles. The van der Waals surface area contributed by atoms with Crippen molar-refractivity contribution in [3.8, 4) is 0 Å². The van der Waals surface area contributed by atoms with Crippen molar-refractivity contribution in [2.45, 2.75) is 83.8 Å². The maximum Gasteiger partial charge on any atom is 0.0855 e. The van der Waals surface area contributed by atoms with E-state index in [0.29, 0.717) is 11.3 Å². The Kier molecular flexibility index (Phi) is 3.25. The molecule has 0 spiro atoms. The highest BCUT2D eigenvalue weighted by atomic mass is 16.3. The van der Waals surface area contributed by atoms with Crippen LogP contribution in [-0.4, -0.2) is 22.4 Å². The monoisotopic (exact) mass is 292 g/mol. The molecule has 2 heteroatoms. The zero-order valence-corrected chi connectivity index (χ0v) is 13.7. The first-order valence-corrected chi connectivity index (χ1v) is 9.33. The second kappa shape index (κ2) is 4.71. The number of fused-ring (bicyclic) bond motifs is 5. The molecule has 120 valence electrons. The Morgan fingerprint density at radius 3 is 2.43 bits per heavy atom. The lowest BCUT2D eigenvalue weighted by molar-refractivity contribution is -0.123. The first-order chi connectivity index (χ1) is 9.97. The molecule has 4 aliphatic carbocycles. The molecule has 0 bridgehead atoms. The van der Waals surface area contributed by atoms with Crippen molar-refractivity contribution in [1.82, 2.24) is 0 Å². The van der Waals surface area contributed by atoms with Crippen molar-refractivity contribution >= 4 is 0 Å². The summed E-state index contributed by atoms with van der Waals surface area (Å²) in [6.45, 7) is 4.84. The van der Waals surface area contributed by atoms with Crippen LogP contribution in [0.5, 0.6) is 0 Å². The minimum Gasteiger partial charge on any atom is -0.390 e. The molecule has 0 heterocycles. The van der Waals surface area contributed by atoms with Gasteiger partial charge in [-0.3, -0.25) is 0 Å². The second-order valence-electron chi connectivity index (χ2n) is 9.20. The Morgan fingerprint density at radius 2 is 1.62 bits per heavy atom. The Labute approximate surface area is 129 Å². The van der Waals surface area contributed by atoms with E-state index in [2.05, 4.69) is 13.8 Å². The summed E-state index contributed by atoms with van der Waals surface area (Å²) in [7, 11) is 0. The Bertz CT molecular complexity index is 422. The quantitative estimate of drug-likeness (QED) is 0.714. The molecule has 0 aliphatic heterocycles. The Hall–Kier alpha value is -0.0800. The summed E-state index contributed by atoms with van der Waals surface area (Å²) in [5.41, 5.74) is 0.541. The fraction of sp³-hybridized carbons (Fsp3) is 1.00. The standard InChI is InChI=1S/C19H32O2/c1-18-9-4-3-5-12(18)6-7-13-14(18)8-10-19(2)15(13)11-16(20)17(19)21/h12-17,20-21H,3-11H2,1-2H3/t12-,13+,14-,15+,16-,17+,18+,19+/m1/s1. The molecule has 2 N–H and O–H groups in total. The predicted molar refractivity (Wildman–Crippen MR) is 83.7 cm³/mol. The molecule has 0 radical (unpaired) electrons. The summed E-state index contributed by atoms with van der Waals surface area (Å²) in [6.07, 6.45) is 10.8. The molecule has 2 nitrogen and oxygen atoms in total. The fourth-order valence-electron chi connectivity index (χ4n) is 7.28. The lowest BCUT2D eigenvalue weighted by atomic mass is 9.45. The van der Waals surface area contributed by atoms with Crippen LogP contribution < -0.4 is 0 Å². The highest BCUT2D eigenvalue weighted by molar-refractivity contribution is 5.10. The van der Waals surface area contributed by atoms with Gasteiger partial charge >= 0.3 is 0 Å². The molecule has 0 aromatic carbocycles. The summed E-state index contributed by atoms with van der Waals surface area (Å²) in [5, 5.41) is 20.7. The zero-order valence-electron chi connectivity index (χ0n) is 13.7. The van der Waals surface area contributed by atoms with Crippen molar-refractivity contribution in [3.05, 3.63) is 0 Å². The third-order valence-electron chi connectivity index (χ3n) is 8.56. The Balaban J connectivity index is 1.65. The minimum absolute atomic E-state index is 0.0154. The average Bonchev–Trinajstić information content (AvgIpc) is 2.70. The van der Waals surface area contributed by atoms with Crippen LogP contribution in [0.4, 0.5) is 0 Å². The molecule has 8 atom stereocenters. The minimum atomic E-state index is -0.486. The summed E-state index contributed by atoms with van der Waals surface area (Å²) in [5.74, 6) is 3.12. The topological polar surface area (TPSA) is 40.5 Å². The van der Waals surface area contributed by atoms with Gasteiger partial charge in [-0.15, -0.1) is 0 Å². The maximum atomic E-state index is 10.5. The third-order valence-corrected chi connectivity index (χ3v) is 8.56. The number of rotatable bonds is 0. The Morgan fingerprint density at radius 1 is 0.810 bits per heavy atom. The number of aliphatic hydroxyl groups is 2. The predicted octanol–water partition coefficient (Wildman–Crippen LogP) is 3.75. The van der Waals surface area contributed by atoms with Crippen LogP contribution in [0.3, 0.4) is 0 Å². The van der Waals surface area contributed by atoms with Crippen LogP contribution in [-0.2, 0) is 0 Å². The van der Waals surface area contributed by atoms with Crippen molar-refractivity contribution in [3.63, 3.8) is 0 Å². The molecule has 0 aromatic rings. The van der Waals surface area contributed by atoms with Gasteiger partial charge in [-0.1, -0.05) is 26.7 Å². The van der Waals surface area contributed by atoms with Crippen LogP contribution in [0.25, 0.3) is 0 Å². The zero-order chi connectivity index (χ0) is 14.8. The number of aliphatic hydroxyl groups excluding tert-OH is 2. The maximum absolute atomic E-state index is 10.5. The van der Waals surface area contributed by atoms with E-state index in [9.17, 15) is 10.2 Å². The van der Waals surface area contributed by atoms with Gasteiger partial charge in [0.2, 0.25) is 0 Å². The highest BCUT2D eigenvalue weighted by Gasteiger charge is 2.61.